The number of hydrogen-bond acceptors (Lipinski definition) is 3. The molecule has 30 heavy (non-hydrogen) atoms. The summed E-state index contributed by atoms with van der Waals surface area (Å²) in [5.41, 5.74) is 2.74. The van der Waals surface area contributed by atoms with Crippen LogP contribution in [-0.4, -0.2) is 37.5 Å². The number of anilines is 1. The molecule has 1 heterocycles. The molecule has 0 bridgehead atoms. The number of benzene rings is 2. The molecule has 5 nitrogen and oxygen atoms in total. The van der Waals surface area contributed by atoms with E-state index in [1.54, 1.807) is 6.08 Å². The van der Waals surface area contributed by atoms with Crippen LogP contribution in [0.1, 0.15) is 41.6 Å². The molecule has 1 aliphatic carbocycles. The van der Waals surface area contributed by atoms with Crippen molar-refractivity contribution in [2.45, 2.75) is 31.7 Å². The van der Waals surface area contributed by atoms with E-state index in [4.69, 9.17) is 0 Å². The third-order valence-electron chi connectivity index (χ3n) is 5.81. The Kier molecular flexibility index (Phi) is 6.47. The summed E-state index contributed by atoms with van der Waals surface area (Å²) in [7, 11) is 0. The molecule has 2 aromatic carbocycles. The smallest absolute Gasteiger partial charge is 0.253 e. The van der Waals surface area contributed by atoms with Crippen molar-refractivity contribution in [3.63, 3.8) is 0 Å². The highest BCUT2D eigenvalue weighted by molar-refractivity contribution is 5.99. The van der Waals surface area contributed by atoms with Gasteiger partial charge < -0.3 is 15.5 Å². The molecule has 4 rings (SSSR count). The molecule has 2 fully saturated rings. The largest absolute Gasteiger partial charge is 0.371 e. The summed E-state index contributed by atoms with van der Waals surface area (Å²) in [6, 6.07) is 17.8. The van der Waals surface area contributed by atoms with Gasteiger partial charge in [-0.2, -0.15) is 0 Å². The molecular formula is C25H29N3O2. The highest BCUT2D eigenvalue weighted by Gasteiger charge is 2.25. The van der Waals surface area contributed by atoms with E-state index in [1.165, 1.54) is 12.8 Å². The van der Waals surface area contributed by atoms with Gasteiger partial charge in [-0.05, 0) is 55.4 Å². The van der Waals surface area contributed by atoms with Crippen LogP contribution >= 0.6 is 0 Å². The number of piperidine rings is 1. The lowest BCUT2D eigenvalue weighted by Crippen LogP contribution is -2.44. The Morgan fingerprint density at radius 3 is 2.37 bits per heavy atom. The number of para-hydroxylation sites is 1. The Bertz CT molecular complexity index is 898. The van der Waals surface area contributed by atoms with Gasteiger partial charge in [0.1, 0.15) is 0 Å². The summed E-state index contributed by atoms with van der Waals surface area (Å²) in [6.07, 6.45) is 7.61. The Morgan fingerprint density at radius 1 is 0.933 bits per heavy atom. The fourth-order valence-electron chi connectivity index (χ4n) is 3.85. The van der Waals surface area contributed by atoms with Gasteiger partial charge in [0.15, 0.2) is 0 Å². The first-order chi connectivity index (χ1) is 14.7. The van der Waals surface area contributed by atoms with Gasteiger partial charge in [-0.25, -0.2) is 0 Å². The molecule has 156 valence electrons. The molecule has 5 heteroatoms. The number of nitrogens with zero attached hydrogens (tertiary/aromatic N) is 1. The number of rotatable bonds is 7. The molecule has 0 unspecified atom stereocenters. The zero-order valence-electron chi connectivity index (χ0n) is 17.2. The summed E-state index contributed by atoms with van der Waals surface area (Å²) in [6.45, 7) is 2.41. The molecule has 2 aromatic rings. The van der Waals surface area contributed by atoms with Gasteiger partial charge >= 0.3 is 0 Å². The average molecular weight is 404 g/mol. The van der Waals surface area contributed by atoms with Gasteiger partial charge in [-0.15, -0.1) is 0 Å². The maximum atomic E-state index is 12.6. The van der Waals surface area contributed by atoms with Crippen molar-refractivity contribution in [1.29, 1.82) is 0 Å². The Morgan fingerprint density at radius 2 is 1.63 bits per heavy atom. The first-order valence-corrected chi connectivity index (χ1v) is 10.8. The summed E-state index contributed by atoms with van der Waals surface area (Å²) < 4.78 is 0. The van der Waals surface area contributed by atoms with Crippen molar-refractivity contribution in [2.24, 2.45) is 5.92 Å². The van der Waals surface area contributed by atoms with E-state index in [0.29, 0.717) is 5.92 Å². The Labute approximate surface area is 178 Å². The number of carbonyl (C=O) groups excluding carboxylic acids is 2. The maximum absolute atomic E-state index is 12.6. The second-order valence-corrected chi connectivity index (χ2v) is 8.18. The van der Waals surface area contributed by atoms with Crippen LogP contribution in [0.5, 0.6) is 0 Å². The summed E-state index contributed by atoms with van der Waals surface area (Å²) in [5, 5.41) is 6.18. The predicted molar refractivity (Wildman–Crippen MR) is 120 cm³/mol. The van der Waals surface area contributed by atoms with Crippen LogP contribution in [0.3, 0.4) is 0 Å². The van der Waals surface area contributed by atoms with Gasteiger partial charge in [0, 0.05) is 37.4 Å². The van der Waals surface area contributed by atoms with Crippen molar-refractivity contribution >= 4 is 23.6 Å². The van der Waals surface area contributed by atoms with Gasteiger partial charge in [0.05, 0.1) is 5.56 Å². The lowest BCUT2D eigenvalue weighted by molar-refractivity contribution is -0.117. The number of hydrogen-bond donors (Lipinski definition) is 2. The summed E-state index contributed by atoms with van der Waals surface area (Å²) >= 11 is 0. The van der Waals surface area contributed by atoms with Crippen LogP contribution in [0.2, 0.25) is 0 Å². The highest BCUT2D eigenvalue weighted by atomic mass is 16.2. The lowest BCUT2D eigenvalue weighted by atomic mass is 10.0. The first kappa shape index (κ1) is 20.2. The van der Waals surface area contributed by atoms with Crippen LogP contribution in [0.25, 0.3) is 6.08 Å². The molecule has 2 N–H and O–H groups in total. The number of amides is 2. The fraction of sp³-hybridized carbons (Fsp3) is 0.360. The minimum Gasteiger partial charge on any atom is -0.371 e. The van der Waals surface area contributed by atoms with Crippen molar-refractivity contribution in [1.82, 2.24) is 10.6 Å². The molecule has 0 spiro atoms. The van der Waals surface area contributed by atoms with E-state index in [2.05, 4.69) is 15.5 Å². The maximum Gasteiger partial charge on any atom is 0.253 e. The molecular weight excluding hydrogens is 374 g/mol. The van der Waals surface area contributed by atoms with Crippen LogP contribution in [0, 0.1) is 5.92 Å². The average Bonchev–Trinajstić information content (AvgIpc) is 3.62. The molecule has 0 aromatic heterocycles. The second-order valence-electron chi connectivity index (χ2n) is 8.18. The summed E-state index contributed by atoms with van der Waals surface area (Å²) in [5.74, 6) is 0.618. The van der Waals surface area contributed by atoms with E-state index in [0.717, 1.165) is 49.3 Å². The minimum atomic E-state index is -0.0582. The zero-order valence-corrected chi connectivity index (χ0v) is 17.2. The highest BCUT2D eigenvalue weighted by Crippen LogP contribution is 2.28. The molecule has 2 aliphatic rings. The monoisotopic (exact) mass is 403 g/mol. The van der Waals surface area contributed by atoms with E-state index < -0.39 is 0 Å². The Balaban J connectivity index is 1.29. The quantitative estimate of drug-likeness (QED) is 0.694. The molecule has 0 atom stereocenters. The van der Waals surface area contributed by atoms with Crippen molar-refractivity contribution in [3.05, 3.63) is 71.8 Å². The number of nitrogens with one attached hydrogen (secondary N) is 2. The zero-order chi connectivity index (χ0) is 20.8. The molecule has 1 saturated heterocycles. The predicted octanol–water partition coefficient (Wildman–Crippen LogP) is 3.62. The van der Waals surface area contributed by atoms with Crippen LogP contribution in [0.4, 0.5) is 5.69 Å². The van der Waals surface area contributed by atoms with Gasteiger partial charge in [-0.3, -0.25) is 9.59 Å². The Hall–Kier alpha value is -3.08. The van der Waals surface area contributed by atoms with E-state index in [9.17, 15) is 9.59 Å². The van der Waals surface area contributed by atoms with Crippen LogP contribution in [0.15, 0.2) is 60.7 Å². The van der Waals surface area contributed by atoms with E-state index in [1.807, 2.05) is 60.7 Å². The third kappa shape index (κ3) is 5.50. The van der Waals surface area contributed by atoms with Crippen LogP contribution in [-0.2, 0) is 4.79 Å². The lowest BCUT2D eigenvalue weighted by Gasteiger charge is -2.34. The van der Waals surface area contributed by atoms with E-state index >= 15 is 0 Å². The van der Waals surface area contributed by atoms with Gasteiger partial charge in [0.25, 0.3) is 5.91 Å². The van der Waals surface area contributed by atoms with Crippen molar-refractivity contribution in [2.75, 3.05) is 24.5 Å². The third-order valence-corrected chi connectivity index (χ3v) is 5.81. The van der Waals surface area contributed by atoms with Gasteiger partial charge in [0.2, 0.25) is 5.91 Å². The molecule has 0 radical (unpaired) electrons. The second kappa shape index (κ2) is 9.61. The normalized spacial score (nSPS) is 17.1. The SMILES string of the molecule is O=C(/C=C/c1ccccc1)NC1CCN(c2ccccc2C(=O)NCC2CC2)CC1. The van der Waals surface area contributed by atoms with Crippen molar-refractivity contribution < 1.29 is 9.59 Å². The standard InChI is InChI=1S/C25H29N3O2/c29-24(13-12-19-6-2-1-3-7-19)27-21-14-16-28(17-15-21)23-9-5-4-8-22(23)25(30)26-18-20-10-11-20/h1-9,12-13,20-21H,10-11,14-18H2,(H,26,30)(H,27,29)/b13-12+. The summed E-state index contributed by atoms with van der Waals surface area (Å²) in [4.78, 5) is 27.1. The minimum absolute atomic E-state index is 0.0129. The van der Waals surface area contributed by atoms with Crippen molar-refractivity contribution in [3.8, 4) is 0 Å². The van der Waals surface area contributed by atoms with Gasteiger partial charge in [-0.1, -0.05) is 42.5 Å². The fourth-order valence-corrected chi connectivity index (χ4v) is 3.85. The molecule has 1 aliphatic heterocycles. The van der Waals surface area contributed by atoms with E-state index in [-0.39, 0.29) is 17.9 Å². The molecule has 1 saturated carbocycles. The topological polar surface area (TPSA) is 61.4 Å². The molecule has 2 amide bonds. The first-order valence-electron chi connectivity index (χ1n) is 10.8. The number of carbonyl (C=O) groups is 2. The van der Waals surface area contributed by atoms with Crippen LogP contribution < -0.4 is 15.5 Å².